The van der Waals surface area contributed by atoms with Crippen molar-refractivity contribution in [1.29, 1.82) is 0 Å². The van der Waals surface area contributed by atoms with E-state index in [9.17, 15) is 14.7 Å². The van der Waals surface area contributed by atoms with Crippen molar-refractivity contribution in [3.8, 4) is 0 Å². The van der Waals surface area contributed by atoms with Crippen molar-refractivity contribution in [1.82, 2.24) is 0 Å². The van der Waals surface area contributed by atoms with E-state index in [-0.39, 0.29) is 25.2 Å². The number of carbonyl (C=O) groups is 2. The number of allylic oxidation sites excluding steroid dienone is 2. The molecule has 0 saturated heterocycles. The zero-order valence-electron chi connectivity index (χ0n) is 20.2. The molecule has 0 aromatic carbocycles. The lowest BCUT2D eigenvalue weighted by Crippen LogP contribution is -2.28. The molecule has 5 nitrogen and oxygen atoms in total. The molecule has 0 aliphatic heterocycles. The van der Waals surface area contributed by atoms with Crippen LogP contribution in [0.25, 0.3) is 0 Å². The zero-order chi connectivity index (χ0) is 23.0. The number of hydrogen-bond donors (Lipinski definition) is 1. The smallest absolute Gasteiger partial charge is 0.306 e. The minimum Gasteiger partial charge on any atom is -0.462 e. The Balaban J connectivity index is 3.65. The van der Waals surface area contributed by atoms with E-state index in [2.05, 4.69) is 26.0 Å². The van der Waals surface area contributed by atoms with Gasteiger partial charge in [-0.25, -0.2) is 0 Å². The van der Waals surface area contributed by atoms with Crippen molar-refractivity contribution in [3.05, 3.63) is 12.2 Å². The standard InChI is InChI=1S/C26H48O5/c1-3-5-7-9-11-12-13-14-15-17-19-21-26(29)31-24(22-27)23-30-25(28)20-18-16-10-8-6-4-2/h9,11,24,27H,3-8,10,12-23H2,1-2H3/b11-9-/t24-/m1/s1. The molecule has 0 aliphatic rings. The Bertz CT molecular complexity index is 447. The number of unbranched alkanes of at least 4 members (excludes halogenated alkanes) is 12. The molecule has 1 N–H and O–H groups in total. The zero-order valence-corrected chi connectivity index (χ0v) is 20.2. The first-order valence-electron chi connectivity index (χ1n) is 12.7. The van der Waals surface area contributed by atoms with Gasteiger partial charge in [-0.2, -0.15) is 0 Å². The van der Waals surface area contributed by atoms with E-state index in [1.807, 2.05) is 0 Å². The molecule has 1 atom stereocenters. The summed E-state index contributed by atoms with van der Waals surface area (Å²) in [6.07, 6.45) is 21.3. The largest absolute Gasteiger partial charge is 0.462 e. The fourth-order valence-corrected chi connectivity index (χ4v) is 3.30. The van der Waals surface area contributed by atoms with Gasteiger partial charge in [0.25, 0.3) is 0 Å². The summed E-state index contributed by atoms with van der Waals surface area (Å²) in [6.45, 7) is 3.99. The summed E-state index contributed by atoms with van der Waals surface area (Å²) >= 11 is 0. The molecule has 0 aliphatic carbocycles. The normalized spacial score (nSPS) is 12.2. The van der Waals surface area contributed by atoms with Crippen LogP contribution in [0.15, 0.2) is 12.2 Å². The first kappa shape index (κ1) is 29.6. The van der Waals surface area contributed by atoms with E-state index in [1.165, 1.54) is 51.4 Å². The van der Waals surface area contributed by atoms with Crippen LogP contribution in [0, 0.1) is 0 Å². The highest BCUT2D eigenvalue weighted by molar-refractivity contribution is 5.70. The molecule has 0 rings (SSSR count). The third-order valence-corrected chi connectivity index (χ3v) is 5.31. The van der Waals surface area contributed by atoms with Crippen LogP contribution < -0.4 is 0 Å². The number of aliphatic hydroxyl groups is 1. The van der Waals surface area contributed by atoms with Crippen LogP contribution in [0.1, 0.15) is 123 Å². The molecule has 182 valence electrons. The molecular formula is C26H48O5. The molecule has 31 heavy (non-hydrogen) atoms. The Morgan fingerprint density at radius 3 is 1.84 bits per heavy atom. The van der Waals surface area contributed by atoms with Gasteiger partial charge in [-0.1, -0.05) is 90.2 Å². The van der Waals surface area contributed by atoms with Gasteiger partial charge >= 0.3 is 11.9 Å². The van der Waals surface area contributed by atoms with E-state index < -0.39 is 6.10 Å². The van der Waals surface area contributed by atoms with Gasteiger partial charge in [0.2, 0.25) is 0 Å². The molecule has 0 fully saturated rings. The van der Waals surface area contributed by atoms with Gasteiger partial charge in [0.1, 0.15) is 6.61 Å². The molecule has 0 amide bonds. The maximum Gasteiger partial charge on any atom is 0.306 e. The maximum atomic E-state index is 11.9. The second-order valence-corrected chi connectivity index (χ2v) is 8.42. The fraction of sp³-hybridized carbons (Fsp3) is 0.846. The van der Waals surface area contributed by atoms with Gasteiger partial charge in [-0.15, -0.1) is 0 Å². The highest BCUT2D eigenvalue weighted by Crippen LogP contribution is 2.10. The highest BCUT2D eigenvalue weighted by Gasteiger charge is 2.16. The quantitative estimate of drug-likeness (QED) is 0.116. The van der Waals surface area contributed by atoms with Crippen LogP contribution in [0.4, 0.5) is 0 Å². The van der Waals surface area contributed by atoms with Crippen molar-refractivity contribution in [2.24, 2.45) is 0 Å². The molecular weight excluding hydrogens is 392 g/mol. The second kappa shape index (κ2) is 23.3. The SMILES string of the molecule is CCCC/C=C\CCCCCCCC(=O)O[C@H](CO)COC(=O)CCCCCCCC. The first-order chi connectivity index (χ1) is 15.1. The van der Waals surface area contributed by atoms with Gasteiger partial charge < -0.3 is 14.6 Å². The summed E-state index contributed by atoms with van der Waals surface area (Å²) in [6, 6.07) is 0. The summed E-state index contributed by atoms with van der Waals surface area (Å²) in [5, 5.41) is 9.37. The second-order valence-electron chi connectivity index (χ2n) is 8.42. The van der Waals surface area contributed by atoms with Crippen molar-refractivity contribution in [2.75, 3.05) is 13.2 Å². The van der Waals surface area contributed by atoms with E-state index >= 15 is 0 Å². The number of ether oxygens (including phenoxy) is 2. The highest BCUT2D eigenvalue weighted by atomic mass is 16.6. The maximum absolute atomic E-state index is 11.9. The molecule has 0 unspecified atom stereocenters. The topological polar surface area (TPSA) is 72.8 Å². The van der Waals surface area contributed by atoms with E-state index in [0.29, 0.717) is 12.8 Å². The van der Waals surface area contributed by atoms with Crippen LogP contribution in [-0.2, 0) is 19.1 Å². The Morgan fingerprint density at radius 2 is 1.23 bits per heavy atom. The Kier molecular flexibility index (Phi) is 22.3. The van der Waals surface area contributed by atoms with E-state index in [1.54, 1.807) is 0 Å². The van der Waals surface area contributed by atoms with Crippen LogP contribution >= 0.6 is 0 Å². The third-order valence-electron chi connectivity index (χ3n) is 5.31. The first-order valence-corrected chi connectivity index (χ1v) is 12.7. The predicted octanol–water partition coefficient (Wildman–Crippen LogP) is 6.66. The van der Waals surface area contributed by atoms with E-state index in [0.717, 1.165) is 44.9 Å². The number of aliphatic hydroxyl groups excluding tert-OH is 1. The number of hydrogen-bond acceptors (Lipinski definition) is 5. The molecule has 0 aromatic rings. The lowest BCUT2D eigenvalue weighted by Gasteiger charge is -2.15. The van der Waals surface area contributed by atoms with Crippen molar-refractivity contribution in [3.63, 3.8) is 0 Å². The summed E-state index contributed by atoms with van der Waals surface area (Å²) in [5.41, 5.74) is 0. The van der Waals surface area contributed by atoms with Crippen molar-refractivity contribution >= 4 is 11.9 Å². The lowest BCUT2D eigenvalue weighted by molar-refractivity contribution is -0.161. The van der Waals surface area contributed by atoms with Crippen LogP contribution in [0.3, 0.4) is 0 Å². The van der Waals surface area contributed by atoms with Gasteiger partial charge in [0.15, 0.2) is 6.10 Å². The minimum absolute atomic E-state index is 0.0668. The molecule has 0 radical (unpaired) electrons. The Morgan fingerprint density at radius 1 is 0.710 bits per heavy atom. The van der Waals surface area contributed by atoms with E-state index in [4.69, 9.17) is 9.47 Å². The Hall–Kier alpha value is -1.36. The summed E-state index contributed by atoms with van der Waals surface area (Å²) in [7, 11) is 0. The number of carbonyl (C=O) groups excluding carboxylic acids is 2. The Labute approximate surface area is 191 Å². The van der Waals surface area contributed by atoms with Gasteiger partial charge in [-0.05, 0) is 32.1 Å². The third kappa shape index (κ3) is 21.7. The van der Waals surface area contributed by atoms with Gasteiger partial charge in [0.05, 0.1) is 6.61 Å². The fourth-order valence-electron chi connectivity index (χ4n) is 3.30. The van der Waals surface area contributed by atoms with Crippen LogP contribution in [0.2, 0.25) is 0 Å². The lowest BCUT2D eigenvalue weighted by atomic mass is 10.1. The van der Waals surface area contributed by atoms with Crippen LogP contribution in [-0.4, -0.2) is 36.4 Å². The molecule has 0 heterocycles. The van der Waals surface area contributed by atoms with Crippen molar-refractivity contribution < 1.29 is 24.2 Å². The monoisotopic (exact) mass is 440 g/mol. The molecule has 0 bridgehead atoms. The predicted molar refractivity (Wildman–Crippen MR) is 127 cm³/mol. The van der Waals surface area contributed by atoms with Crippen LogP contribution in [0.5, 0.6) is 0 Å². The summed E-state index contributed by atoms with van der Waals surface area (Å²) in [5.74, 6) is -0.616. The molecule has 0 saturated carbocycles. The van der Waals surface area contributed by atoms with Crippen molar-refractivity contribution in [2.45, 2.75) is 129 Å². The van der Waals surface area contributed by atoms with Gasteiger partial charge in [0, 0.05) is 12.8 Å². The summed E-state index contributed by atoms with van der Waals surface area (Å²) in [4.78, 5) is 23.7. The molecule has 5 heteroatoms. The number of rotatable bonds is 22. The molecule has 0 spiro atoms. The average Bonchev–Trinajstić information content (AvgIpc) is 2.77. The minimum atomic E-state index is -0.763. The summed E-state index contributed by atoms with van der Waals surface area (Å²) < 4.78 is 10.4. The molecule has 0 aromatic heterocycles. The average molecular weight is 441 g/mol. The number of esters is 2. The van der Waals surface area contributed by atoms with Gasteiger partial charge in [-0.3, -0.25) is 9.59 Å².